The van der Waals surface area contributed by atoms with Crippen molar-refractivity contribution in [2.45, 2.75) is 22.5 Å². The number of rotatable bonds is 7. The summed E-state index contributed by atoms with van der Waals surface area (Å²) in [5, 5.41) is 0. The highest BCUT2D eigenvalue weighted by molar-refractivity contribution is 8.28. The van der Waals surface area contributed by atoms with E-state index in [0.29, 0.717) is 16.8 Å². The summed E-state index contributed by atoms with van der Waals surface area (Å²) in [4.78, 5) is 11.3. The van der Waals surface area contributed by atoms with Crippen LogP contribution in [0, 0.1) is 0 Å². The molecular formula is C17H22O3S3. The summed E-state index contributed by atoms with van der Waals surface area (Å²) in [7, 11) is 1.68. The van der Waals surface area contributed by atoms with Gasteiger partial charge in [-0.2, -0.15) is 0 Å². The number of hydrogen-bond acceptors (Lipinski definition) is 6. The molecule has 3 nitrogen and oxygen atoms in total. The van der Waals surface area contributed by atoms with E-state index in [1.54, 1.807) is 14.0 Å². The Morgan fingerprint density at radius 3 is 2.74 bits per heavy atom. The van der Waals surface area contributed by atoms with Crippen LogP contribution in [0.4, 0.5) is 0 Å². The first-order chi connectivity index (χ1) is 10.9. The maximum atomic E-state index is 11.3. The number of ether oxygens (including phenoxy) is 2. The van der Waals surface area contributed by atoms with Gasteiger partial charge >= 0.3 is 5.97 Å². The van der Waals surface area contributed by atoms with E-state index in [0.717, 1.165) is 17.3 Å². The molecule has 0 spiro atoms. The van der Waals surface area contributed by atoms with Crippen molar-refractivity contribution < 1.29 is 14.3 Å². The lowest BCUT2D eigenvalue weighted by Crippen LogP contribution is -2.10. The van der Waals surface area contributed by atoms with Crippen LogP contribution in [0.25, 0.3) is 0 Å². The number of hydrogen-bond donors (Lipinski definition) is 0. The summed E-state index contributed by atoms with van der Waals surface area (Å²) in [6, 6.07) is 8.31. The van der Waals surface area contributed by atoms with Gasteiger partial charge in [0.1, 0.15) is 12.4 Å². The van der Waals surface area contributed by atoms with Gasteiger partial charge in [-0.15, -0.1) is 35.3 Å². The van der Waals surface area contributed by atoms with Crippen LogP contribution in [-0.2, 0) is 13.6 Å². The third kappa shape index (κ3) is 5.13. The number of thioether (sulfide) groups is 3. The van der Waals surface area contributed by atoms with Gasteiger partial charge < -0.3 is 9.47 Å². The Morgan fingerprint density at radius 1 is 1.43 bits per heavy atom. The topological polar surface area (TPSA) is 35.5 Å². The van der Waals surface area contributed by atoms with Crippen molar-refractivity contribution in [1.82, 2.24) is 0 Å². The van der Waals surface area contributed by atoms with Crippen molar-refractivity contribution in [2.24, 2.45) is 0 Å². The van der Waals surface area contributed by atoms with Crippen molar-refractivity contribution >= 4 is 41.3 Å². The van der Waals surface area contributed by atoms with Gasteiger partial charge in [0, 0.05) is 17.1 Å². The Labute approximate surface area is 151 Å². The molecule has 0 radical (unpaired) electrons. The van der Waals surface area contributed by atoms with Gasteiger partial charge in [-0.25, -0.2) is 4.79 Å². The smallest absolute Gasteiger partial charge is 0.333 e. The van der Waals surface area contributed by atoms with Crippen molar-refractivity contribution in [2.75, 3.05) is 25.2 Å². The van der Waals surface area contributed by atoms with Gasteiger partial charge in [-0.3, -0.25) is 0 Å². The predicted octanol–water partition coefficient (Wildman–Crippen LogP) is 4.53. The summed E-state index contributed by atoms with van der Waals surface area (Å²) in [6.45, 7) is 7.96. The molecule has 1 aromatic rings. The van der Waals surface area contributed by atoms with Crippen LogP contribution in [0.3, 0.4) is 0 Å². The molecule has 0 amide bonds. The molecule has 1 heterocycles. The molecule has 0 aromatic heterocycles. The van der Waals surface area contributed by atoms with Crippen LogP contribution in [0.5, 0.6) is 5.75 Å². The van der Waals surface area contributed by atoms with Crippen molar-refractivity contribution in [1.29, 1.82) is 0 Å². The van der Waals surface area contributed by atoms with E-state index in [1.165, 1.54) is 5.56 Å². The lowest BCUT2D eigenvalue weighted by molar-refractivity contribution is -0.138. The summed E-state index contributed by atoms with van der Waals surface area (Å²) >= 11 is 5.79. The minimum Gasteiger partial charge on any atom is -0.497 e. The maximum Gasteiger partial charge on any atom is 0.333 e. The van der Waals surface area contributed by atoms with Crippen LogP contribution in [0.2, 0.25) is 0 Å². The molecular weight excluding hydrogens is 348 g/mol. The number of methoxy groups -OCH3 is 1. The van der Waals surface area contributed by atoms with Gasteiger partial charge in [0.25, 0.3) is 0 Å². The van der Waals surface area contributed by atoms with E-state index in [9.17, 15) is 4.79 Å². The SMILES string of the molecule is C=C(C)C(=O)OCCSC1CSC(C)(c2ccc(OC)cc2)S1. The molecule has 0 aliphatic carbocycles. The van der Waals surface area contributed by atoms with Gasteiger partial charge in [-0.1, -0.05) is 18.7 Å². The number of carbonyl (C=O) groups is 1. The molecule has 2 unspecified atom stereocenters. The first-order valence-electron chi connectivity index (χ1n) is 7.35. The molecule has 1 aliphatic heterocycles. The second-order valence-electron chi connectivity index (χ2n) is 5.32. The highest BCUT2D eigenvalue weighted by atomic mass is 32.2. The third-order valence-electron chi connectivity index (χ3n) is 3.43. The van der Waals surface area contributed by atoms with E-state index in [1.807, 2.05) is 47.4 Å². The Hall–Kier alpha value is -0.720. The fourth-order valence-corrected chi connectivity index (χ4v) is 7.29. The van der Waals surface area contributed by atoms with Gasteiger partial charge in [-0.05, 0) is 31.5 Å². The molecule has 6 heteroatoms. The second kappa shape index (κ2) is 8.40. The van der Waals surface area contributed by atoms with Crippen LogP contribution in [-0.4, -0.2) is 35.8 Å². The normalized spacial score (nSPS) is 23.5. The third-order valence-corrected chi connectivity index (χ3v) is 8.54. The van der Waals surface area contributed by atoms with E-state index < -0.39 is 0 Å². The number of carbonyl (C=O) groups excluding carboxylic acids is 1. The van der Waals surface area contributed by atoms with E-state index in [4.69, 9.17) is 9.47 Å². The Morgan fingerprint density at radius 2 is 2.13 bits per heavy atom. The maximum absolute atomic E-state index is 11.3. The molecule has 1 aliphatic rings. The first-order valence-corrected chi connectivity index (χ1v) is 10.3. The highest BCUT2D eigenvalue weighted by Crippen LogP contribution is 2.57. The molecule has 126 valence electrons. The van der Waals surface area contributed by atoms with E-state index >= 15 is 0 Å². The average Bonchev–Trinajstić information content (AvgIpc) is 2.94. The zero-order chi connectivity index (χ0) is 16.9. The summed E-state index contributed by atoms with van der Waals surface area (Å²) < 4.78 is 10.9. The number of esters is 1. The lowest BCUT2D eigenvalue weighted by atomic mass is 10.1. The Balaban J connectivity index is 1.80. The first kappa shape index (κ1) is 18.6. The standard InChI is InChI=1S/C17H22O3S3/c1-12(2)16(18)20-9-10-21-15-11-22-17(3,23-15)13-5-7-14(19-4)8-6-13/h5-8,15H,1,9-11H2,2-4H3. The Bertz CT molecular complexity index is 559. The molecule has 2 rings (SSSR count). The fraction of sp³-hybridized carbons (Fsp3) is 0.471. The molecule has 1 aromatic carbocycles. The fourth-order valence-electron chi connectivity index (χ4n) is 2.11. The van der Waals surface area contributed by atoms with Crippen molar-refractivity contribution in [3.8, 4) is 5.75 Å². The predicted molar refractivity (Wildman–Crippen MR) is 102 cm³/mol. The zero-order valence-corrected chi connectivity index (χ0v) is 16.1. The van der Waals surface area contributed by atoms with Crippen LogP contribution in [0.15, 0.2) is 36.4 Å². The van der Waals surface area contributed by atoms with Crippen molar-refractivity contribution in [3.63, 3.8) is 0 Å². The van der Waals surface area contributed by atoms with Crippen LogP contribution in [0.1, 0.15) is 19.4 Å². The quantitative estimate of drug-likeness (QED) is 0.399. The molecule has 0 saturated carbocycles. The van der Waals surface area contributed by atoms with Crippen molar-refractivity contribution in [3.05, 3.63) is 42.0 Å². The summed E-state index contributed by atoms with van der Waals surface area (Å²) in [6.07, 6.45) is 0. The lowest BCUT2D eigenvalue weighted by Gasteiger charge is -2.23. The largest absolute Gasteiger partial charge is 0.497 e. The molecule has 23 heavy (non-hydrogen) atoms. The minimum absolute atomic E-state index is 0.0678. The Kier molecular flexibility index (Phi) is 6.80. The molecule has 1 saturated heterocycles. The van der Waals surface area contributed by atoms with Gasteiger partial charge in [0.15, 0.2) is 0 Å². The monoisotopic (exact) mass is 370 g/mol. The average molecular weight is 371 g/mol. The summed E-state index contributed by atoms with van der Waals surface area (Å²) in [5.74, 6) is 2.49. The molecule has 2 atom stereocenters. The minimum atomic E-state index is -0.304. The molecule has 0 bridgehead atoms. The number of benzene rings is 1. The van der Waals surface area contributed by atoms with Crippen LogP contribution < -0.4 is 4.74 Å². The van der Waals surface area contributed by atoms with E-state index in [2.05, 4.69) is 25.6 Å². The van der Waals surface area contributed by atoms with Crippen LogP contribution >= 0.6 is 35.3 Å². The zero-order valence-electron chi connectivity index (χ0n) is 13.7. The summed E-state index contributed by atoms with van der Waals surface area (Å²) in [5.41, 5.74) is 1.76. The molecule has 1 fully saturated rings. The van der Waals surface area contributed by atoms with Gasteiger partial charge in [0.05, 0.1) is 15.8 Å². The van der Waals surface area contributed by atoms with E-state index in [-0.39, 0.29) is 10.0 Å². The highest BCUT2D eigenvalue weighted by Gasteiger charge is 2.38. The second-order valence-corrected chi connectivity index (χ2v) is 10.2. The molecule has 0 N–H and O–H groups in total. The van der Waals surface area contributed by atoms with Gasteiger partial charge in [0.2, 0.25) is 0 Å².